The second kappa shape index (κ2) is 7.95. The standard InChI is InChI=1S/C37H29NO2/c1-21(2)23-12-9-13-28-35(39)27-17-16-22(20-32(27)40-36(23)28)38-30-15-8-6-11-26(30)33-31(38)19-18-25-24-10-5-7-14-29(24)37(3,4)34(25)33/h5-21H,1-4H3. The van der Waals surface area contributed by atoms with Gasteiger partial charge in [0.25, 0.3) is 0 Å². The fraction of sp³-hybridized carbons (Fsp3) is 0.162. The molecule has 0 unspecified atom stereocenters. The number of nitrogens with zero attached hydrogens (tertiary/aromatic N) is 1. The summed E-state index contributed by atoms with van der Waals surface area (Å²) in [5.41, 5.74) is 10.9. The summed E-state index contributed by atoms with van der Waals surface area (Å²) < 4.78 is 8.84. The van der Waals surface area contributed by atoms with E-state index in [-0.39, 0.29) is 16.8 Å². The van der Waals surface area contributed by atoms with Crippen molar-refractivity contribution in [3.63, 3.8) is 0 Å². The van der Waals surface area contributed by atoms with Crippen LogP contribution in [0.1, 0.15) is 50.3 Å². The maximum absolute atomic E-state index is 13.5. The number of hydrogen-bond acceptors (Lipinski definition) is 2. The van der Waals surface area contributed by atoms with Gasteiger partial charge in [-0.1, -0.05) is 88.4 Å². The summed E-state index contributed by atoms with van der Waals surface area (Å²) in [5.74, 6) is 0.249. The molecule has 1 aliphatic carbocycles. The van der Waals surface area contributed by atoms with Crippen molar-refractivity contribution < 1.29 is 4.42 Å². The van der Waals surface area contributed by atoms with Gasteiger partial charge in [0.1, 0.15) is 11.2 Å². The molecular weight excluding hydrogens is 490 g/mol. The topological polar surface area (TPSA) is 35.1 Å². The van der Waals surface area contributed by atoms with E-state index in [4.69, 9.17) is 4.42 Å². The number of benzene rings is 5. The van der Waals surface area contributed by atoms with Crippen LogP contribution in [0, 0.1) is 0 Å². The summed E-state index contributed by atoms with van der Waals surface area (Å²) in [4.78, 5) is 13.5. The van der Waals surface area contributed by atoms with E-state index >= 15 is 0 Å². The Balaban J connectivity index is 1.46. The minimum Gasteiger partial charge on any atom is -0.455 e. The zero-order chi connectivity index (χ0) is 27.3. The fourth-order valence-electron chi connectivity index (χ4n) is 7.09. The van der Waals surface area contributed by atoms with Gasteiger partial charge in [-0.3, -0.25) is 4.79 Å². The minimum absolute atomic E-state index is 0.0184. The molecule has 5 aromatic carbocycles. The minimum atomic E-state index is -0.122. The Morgan fingerprint density at radius 3 is 2.35 bits per heavy atom. The first kappa shape index (κ1) is 23.3. The molecule has 3 nitrogen and oxygen atoms in total. The first-order chi connectivity index (χ1) is 19.4. The average molecular weight is 520 g/mol. The van der Waals surface area contributed by atoms with Crippen LogP contribution in [0.15, 0.2) is 106 Å². The highest BCUT2D eigenvalue weighted by atomic mass is 16.3. The third-order valence-corrected chi connectivity index (χ3v) is 8.95. The largest absolute Gasteiger partial charge is 0.455 e. The number of aromatic nitrogens is 1. The van der Waals surface area contributed by atoms with Crippen molar-refractivity contribution in [2.45, 2.75) is 39.0 Å². The zero-order valence-corrected chi connectivity index (χ0v) is 23.1. The van der Waals surface area contributed by atoms with Crippen LogP contribution in [0.3, 0.4) is 0 Å². The third kappa shape index (κ3) is 2.92. The van der Waals surface area contributed by atoms with Crippen LogP contribution in [0.4, 0.5) is 0 Å². The molecular formula is C37H29NO2. The molecule has 0 saturated heterocycles. The molecule has 8 rings (SSSR count). The molecule has 40 heavy (non-hydrogen) atoms. The summed E-state index contributed by atoms with van der Waals surface area (Å²) in [5, 5.41) is 3.77. The Bertz CT molecular complexity index is 2240. The van der Waals surface area contributed by atoms with Crippen LogP contribution in [-0.4, -0.2) is 4.57 Å². The van der Waals surface area contributed by atoms with E-state index in [9.17, 15) is 4.79 Å². The van der Waals surface area contributed by atoms with Crippen molar-refractivity contribution in [3.8, 4) is 16.8 Å². The number of para-hydroxylation sites is 2. The molecule has 0 atom stereocenters. The molecule has 0 aliphatic heterocycles. The van der Waals surface area contributed by atoms with Crippen LogP contribution in [-0.2, 0) is 5.41 Å². The van der Waals surface area contributed by atoms with E-state index in [1.165, 1.54) is 33.0 Å². The van der Waals surface area contributed by atoms with Gasteiger partial charge in [0.05, 0.1) is 21.8 Å². The zero-order valence-electron chi connectivity index (χ0n) is 23.1. The van der Waals surface area contributed by atoms with Crippen molar-refractivity contribution in [3.05, 3.63) is 124 Å². The molecule has 2 aromatic heterocycles. The van der Waals surface area contributed by atoms with E-state index in [0.717, 1.165) is 22.3 Å². The summed E-state index contributed by atoms with van der Waals surface area (Å²) in [6.45, 7) is 8.94. The van der Waals surface area contributed by atoms with Gasteiger partial charge in [-0.2, -0.15) is 0 Å². The number of fused-ring (bicyclic) bond motifs is 9. The van der Waals surface area contributed by atoms with Gasteiger partial charge in [-0.15, -0.1) is 0 Å². The molecule has 0 radical (unpaired) electrons. The van der Waals surface area contributed by atoms with Crippen LogP contribution >= 0.6 is 0 Å². The molecule has 7 aromatic rings. The molecule has 1 aliphatic rings. The first-order valence-electron chi connectivity index (χ1n) is 14.0. The van der Waals surface area contributed by atoms with Crippen LogP contribution in [0.2, 0.25) is 0 Å². The molecule has 194 valence electrons. The third-order valence-electron chi connectivity index (χ3n) is 8.95. The van der Waals surface area contributed by atoms with Crippen molar-refractivity contribution in [1.82, 2.24) is 4.57 Å². The Morgan fingerprint density at radius 2 is 1.50 bits per heavy atom. The molecule has 0 fully saturated rings. The smallest absolute Gasteiger partial charge is 0.200 e. The van der Waals surface area contributed by atoms with Crippen molar-refractivity contribution in [2.24, 2.45) is 0 Å². The van der Waals surface area contributed by atoms with Crippen molar-refractivity contribution in [2.75, 3.05) is 0 Å². The van der Waals surface area contributed by atoms with Crippen LogP contribution < -0.4 is 5.43 Å². The molecule has 0 spiro atoms. The summed E-state index contributed by atoms with van der Waals surface area (Å²) >= 11 is 0. The van der Waals surface area contributed by atoms with E-state index in [1.54, 1.807) is 0 Å². The lowest BCUT2D eigenvalue weighted by Crippen LogP contribution is -2.15. The predicted molar refractivity (Wildman–Crippen MR) is 166 cm³/mol. The maximum atomic E-state index is 13.5. The molecule has 0 amide bonds. The van der Waals surface area contributed by atoms with Crippen molar-refractivity contribution in [1.29, 1.82) is 0 Å². The van der Waals surface area contributed by atoms with Crippen LogP contribution in [0.5, 0.6) is 0 Å². The molecule has 0 bridgehead atoms. The lowest BCUT2D eigenvalue weighted by Gasteiger charge is -2.22. The summed E-state index contributed by atoms with van der Waals surface area (Å²) in [7, 11) is 0. The second-order valence-corrected chi connectivity index (χ2v) is 11.9. The molecule has 2 heterocycles. The van der Waals surface area contributed by atoms with E-state index < -0.39 is 0 Å². The van der Waals surface area contributed by atoms with Gasteiger partial charge >= 0.3 is 0 Å². The normalized spacial score (nSPS) is 14.0. The van der Waals surface area contributed by atoms with E-state index in [2.05, 4.69) is 105 Å². The van der Waals surface area contributed by atoms with Gasteiger partial charge in [0.2, 0.25) is 5.43 Å². The highest BCUT2D eigenvalue weighted by Gasteiger charge is 2.37. The average Bonchev–Trinajstić information content (AvgIpc) is 3.41. The van der Waals surface area contributed by atoms with Gasteiger partial charge in [0.15, 0.2) is 0 Å². The molecule has 3 heteroatoms. The van der Waals surface area contributed by atoms with Gasteiger partial charge in [0, 0.05) is 27.9 Å². The lowest BCUT2D eigenvalue weighted by atomic mass is 9.80. The van der Waals surface area contributed by atoms with E-state index in [1.807, 2.05) is 24.3 Å². The van der Waals surface area contributed by atoms with Crippen LogP contribution in [0.25, 0.3) is 60.6 Å². The summed E-state index contributed by atoms with van der Waals surface area (Å²) in [6, 6.07) is 33.8. The monoisotopic (exact) mass is 519 g/mol. The quantitative estimate of drug-likeness (QED) is 0.213. The number of rotatable bonds is 2. The predicted octanol–water partition coefficient (Wildman–Crippen LogP) is 9.47. The highest BCUT2D eigenvalue weighted by molar-refractivity contribution is 6.14. The highest BCUT2D eigenvalue weighted by Crippen LogP contribution is 2.53. The maximum Gasteiger partial charge on any atom is 0.200 e. The van der Waals surface area contributed by atoms with Gasteiger partial charge < -0.3 is 8.98 Å². The molecule has 0 saturated carbocycles. The fourth-order valence-corrected chi connectivity index (χ4v) is 7.09. The number of hydrogen-bond donors (Lipinski definition) is 0. The first-order valence-corrected chi connectivity index (χ1v) is 14.0. The molecule has 0 N–H and O–H groups in total. The Labute approximate surface area is 232 Å². The van der Waals surface area contributed by atoms with Gasteiger partial charge in [-0.25, -0.2) is 0 Å². The van der Waals surface area contributed by atoms with E-state index in [0.29, 0.717) is 21.9 Å². The Hall–Kier alpha value is -4.63. The SMILES string of the molecule is CC(C)c1cccc2c(=O)c3ccc(-n4c5ccccc5c5c6c(ccc54)-c4ccccc4C6(C)C)cc3oc12. The second-order valence-electron chi connectivity index (χ2n) is 11.9. The van der Waals surface area contributed by atoms with Gasteiger partial charge in [-0.05, 0) is 64.1 Å². The van der Waals surface area contributed by atoms with Crippen molar-refractivity contribution >= 4 is 43.7 Å². The lowest BCUT2D eigenvalue weighted by molar-refractivity contribution is 0.648. The Kier molecular flexibility index (Phi) is 4.63. The summed E-state index contributed by atoms with van der Waals surface area (Å²) in [6.07, 6.45) is 0. The Morgan fingerprint density at radius 1 is 0.725 bits per heavy atom.